The number of nitrogens with zero attached hydrogens (tertiary/aromatic N) is 1. The summed E-state index contributed by atoms with van der Waals surface area (Å²) in [6.07, 6.45) is 1.27. The molecule has 0 aliphatic carbocycles. The van der Waals surface area contributed by atoms with Crippen molar-refractivity contribution < 1.29 is 9.59 Å². The fourth-order valence-electron chi connectivity index (χ4n) is 2.79. The number of amides is 2. The summed E-state index contributed by atoms with van der Waals surface area (Å²) in [5.41, 5.74) is 2.21. The Morgan fingerprint density at radius 2 is 1.75 bits per heavy atom. The van der Waals surface area contributed by atoms with Crippen LogP contribution in [0.25, 0.3) is 0 Å². The van der Waals surface area contributed by atoms with Gasteiger partial charge in [-0.1, -0.05) is 55.0 Å². The predicted molar refractivity (Wildman–Crippen MR) is 116 cm³/mol. The summed E-state index contributed by atoms with van der Waals surface area (Å²) in [7, 11) is 0. The summed E-state index contributed by atoms with van der Waals surface area (Å²) in [4.78, 5) is 28.3. The van der Waals surface area contributed by atoms with Crippen molar-refractivity contribution in [2.24, 2.45) is 0 Å². The Morgan fingerprint density at radius 1 is 1.07 bits per heavy atom. The maximum atomic E-state index is 13.0. The molecule has 0 saturated heterocycles. The van der Waals surface area contributed by atoms with Crippen LogP contribution < -0.4 is 5.32 Å². The van der Waals surface area contributed by atoms with Crippen molar-refractivity contribution in [3.63, 3.8) is 0 Å². The highest BCUT2D eigenvalue weighted by atomic mass is 32.2. The van der Waals surface area contributed by atoms with E-state index in [-0.39, 0.29) is 11.8 Å². The fourth-order valence-corrected chi connectivity index (χ4v) is 3.65. The molecule has 0 radical (unpaired) electrons. The van der Waals surface area contributed by atoms with Crippen LogP contribution in [0.5, 0.6) is 0 Å². The molecule has 2 aromatic rings. The highest BCUT2D eigenvalue weighted by Crippen LogP contribution is 2.19. The predicted octanol–water partition coefficient (Wildman–Crippen LogP) is 4.42. The molecule has 0 heterocycles. The average molecular weight is 399 g/mol. The van der Waals surface area contributed by atoms with E-state index in [1.165, 1.54) is 5.56 Å². The second-order valence-corrected chi connectivity index (χ2v) is 8.05. The molecule has 0 saturated carbocycles. The third-order valence-corrected chi connectivity index (χ3v) is 5.53. The smallest absolute Gasteiger partial charge is 0.242 e. The Kier molecular flexibility index (Phi) is 9.08. The molecule has 1 atom stereocenters. The number of rotatable bonds is 10. The quantitative estimate of drug-likeness (QED) is 0.603. The summed E-state index contributed by atoms with van der Waals surface area (Å²) >= 11 is 1.66. The Morgan fingerprint density at radius 3 is 2.39 bits per heavy atom. The zero-order valence-electron chi connectivity index (χ0n) is 17.0. The Labute approximate surface area is 172 Å². The van der Waals surface area contributed by atoms with Crippen LogP contribution in [0, 0.1) is 6.92 Å². The molecule has 1 N–H and O–H groups in total. The average Bonchev–Trinajstić information content (AvgIpc) is 2.71. The standard InChI is InChI=1S/C23H30N2O2S/c1-4-15-24-23(27)19(3)25(17-20-12-10-18(2)11-13-20)22(26)14-16-28-21-8-6-5-7-9-21/h5-13,19H,4,14-17H2,1-3H3,(H,24,27). The first-order valence-corrected chi connectivity index (χ1v) is 10.8. The molecule has 0 spiro atoms. The van der Waals surface area contributed by atoms with Crippen LogP contribution in [0.15, 0.2) is 59.5 Å². The van der Waals surface area contributed by atoms with Crippen LogP contribution in [-0.4, -0.2) is 35.1 Å². The van der Waals surface area contributed by atoms with E-state index in [2.05, 4.69) is 5.32 Å². The molecule has 5 heteroatoms. The van der Waals surface area contributed by atoms with Gasteiger partial charge < -0.3 is 10.2 Å². The van der Waals surface area contributed by atoms with Crippen LogP contribution in [0.1, 0.15) is 37.8 Å². The van der Waals surface area contributed by atoms with Gasteiger partial charge >= 0.3 is 0 Å². The third kappa shape index (κ3) is 7.04. The van der Waals surface area contributed by atoms with Crippen molar-refractivity contribution in [3.05, 3.63) is 65.7 Å². The van der Waals surface area contributed by atoms with Gasteiger partial charge in [0.05, 0.1) is 0 Å². The van der Waals surface area contributed by atoms with E-state index in [9.17, 15) is 9.59 Å². The van der Waals surface area contributed by atoms with Crippen molar-refractivity contribution in [3.8, 4) is 0 Å². The number of nitrogens with one attached hydrogen (secondary N) is 1. The minimum Gasteiger partial charge on any atom is -0.354 e. The molecule has 0 aromatic heterocycles. The molecule has 2 rings (SSSR count). The first kappa shape index (κ1) is 22.0. The molecule has 4 nitrogen and oxygen atoms in total. The van der Waals surface area contributed by atoms with Crippen molar-refractivity contribution in [2.45, 2.75) is 51.1 Å². The first-order valence-electron chi connectivity index (χ1n) is 9.81. The number of benzene rings is 2. The lowest BCUT2D eigenvalue weighted by Gasteiger charge is -2.29. The van der Waals surface area contributed by atoms with Gasteiger partial charge in [-0.05, 0) is 38.0 Å². The molecule has 0 bridgehead atoms. The summed E-state index contributed by atoms with van der Waals surface area (Å²) in [5, 5.41) is 2.91. The van der Waals surface area contributed by atoms with Crippen LogP contribution in [-0.2, 0) is 16.1 Å². The van der Waals surface area contributed by atoms with Gasteiger partial charge in [0.1, 0.15) is 6.04 Å². The minimum atomic E-state index is -0.498. The number of carbonyl (C=O) groups is 2. The zero-order valence-corrected chi connectivity index (χ0v) is 17.8. The molecule has 0 fully saturated rings. The highest BCUT2D eigenvalue weighted by molar-refractivity contribution is 7.99. The summed E-state index contributed by atoms with van der Waals surface area (Å²) in [6.45, 7) is 6.92. The van der Waals surface area contributed by atoms with E-state index in [0.29, 0.717) is 25.3 Å². The van der Waals surface area contributed by atoms with E-state index in [4.69, 9.17) is 0 Å². The summed E-state index contributed by atoms with van der Waals surface area (Å²) in [5.74, 6) is 0.595. The van der Waals surface area contributed by atoms with Gasteiger partial charge in [0, 0.05) is 30.2 Å². The number of aryl methyl sites for hydroxylation is 1. The molecule has 2 aromatic carbocycles. The van der Waals surface area contributed by atoms with E-state index >= 15 is 0 Å². The van der Waals surface area contributed by atoms with Gasteiger partial charge in [0.2, 0.25) is 11.8 Å². The third-order valence-electron chi connectivity index (χ3n) is 4.52. The molecule has 0 aliphatic rings. The van der Waals surface area contributed by atoms with E-state index < -0.39 is 6.04 Å². The minimum absolute atomic E-state index is 0.00292. The van der Waals surface area contributed by atoms with Crippen molar-refractivity contribution in [1.82, 2.24) is 10.2 Å². The molecular weight excluding hydrogens is 368 g/mol. The molecule has 28 heavy (non-hydrogen) atoms. The molecule has 0 aliphatic heterocycles. The maximum absolute atomic E-state index is 13.0. The van der Waals surface area contributed by atoms with E-state index in [0.717, 1.165) is 16.9 Å². The van der Waals surface area contributed by atoms with Gasteiger partial charge in [0.25, 0.3) is 0 Å². The normalized spacial score (nSPS) is 11.7. The summed E-state index contributed by atoms with van der Waals surface area (Å²) in [6, 6.07) is 17.7. The second kappa shape index (κ2) is 11.5. The first-order chi connectivity index (χ1) is 13.5. The number of hydrogen-bond donors (Lipinski definition) is 1. The van der Waals surface area contributed by atoms with Gasteiger partial charge in [0.15, 0.2) is 0 Å². The highest BCUT2D eigenvalue weighted by Gasteiger charge is 2.25. The number of carbonyl (C=O) groups excluding carboxylic acids is 2. The fraction of sp³-hybridized carbons (Fsp3) is 0.391. The molecular formula is C23H30N2O2S. The van der Waals surface area contributed by atoms with Crippen LogP contribution in [0.3, 0.4) is 0 Å². The lowest BCUT2D eigenvalue weighted by molar-refractivity contribution is -0.140. The van der Waals surface area contributed by atoms with Crippen molar-refractivity contribution in [1.29, 1.82) is 0 Å². The Balaban J connectivity index is 2.03. The van der Waals surface area contributed by atoms with Crippen molar-refractivity contribution >= 4 is 23.6 Å². The van der Waals surface area contributed by atoms with Crippen molar-refractivity contribution in [2.75, 3.05) is 12.3 Å². The maximum Gasteiger partial charge on any atom is 0.242 e. The molecule has 1 unspecified atom stereocenters. The van der Waals surface area contributed by atoms with Crippen LogP contribution in [0.2, 0.25) is 0 Å². The SMILES string of the molecule is CCCNC(=O)C(C)N(Cc1ccc(C)cc1)C(=O)CCSc1ccccc1. The van der Waals surface area contributed by atoms with Crippen LogP contribution >= 0.6 is 11.8 Å². The topological polar surface area (TPSA) is 49.4 Å². The van der Waals surface area contributed by atoms with Crippen LogP contribution in [0.4, 0.5) is 0 Å². The lowest BCUT2D eigenvalue weighted by Crippen LogP contribution is -2.47. The van der Waals surface area contributed by atoms with Gasteiger partial charge in [-0.15, -0.1) is 11.8 Å². The van der Waals surface area contributed by atoms with Gasteiger partial charge in [-0.25, -0.2) is 0 Å². The molecule has 150 valence electrons. The Hall–Kier alpha value is -2.27. The lowest BCUT2D eigenvalue weighted by atomic mass is 10.1. The largest absolute Gasteiger partial charge is 0.354 e. The van der Waals surface area contributed by atoms with E-state index in [1.807, 2.05) is 68.4 Å². The monoisotopic (exact) mass is 398 g/mol. The molecule has 2 amide bonds. The zero-order chi connectivity index (χ0) is 20.4. The van der Waals surface area contributed by atoms with Gasteiger partial charge in [-0.3, -0.25) is 9.59 Å². The van der Waals surface area contributed by atoms with E-state index in [1.54, 1.807) is 23.6 Å². The Bertz CT molecular complexity index is 747. The summed E-state index contributed by atoms with van der Waals surface area (Å²) < 4.78 is 0. The second-order valence-electron chi connectivity index (χ2n) is 6.89. The van der Waals surface area contributed by atoms with Gasteiger partial charge in [-0.2, -0.15) is 0 Å². The number of hydrogen-bond acceptors (Lipinski definition) is 3. The number of thioether (sulfide) groups is 1.